The number of ether oxygens (including phenoxy) is 1. The predicted molar refractivity (Wildman–Crippen MR) is 102 cm³/mol. The van der Waals surface area contributed by atoms with Crippen molar-refractivity contribution in [3.05, 3.63) is 58.1 Å². The summed E-state index contributed by atoms with van der Waals surface area (Å²) in [6.45, 7) is 7.08. The first-order valence-electron chi connectivity index (χ1n) is 8.44. The molecule has 2 aromatic carbocycles. The van der Waals surface area contributed by atoms with Crippen molar-refractivity contribution in [1.82, 2.24) is 4.90 Å². The highest BCUT2D eigenvalue weighted by Gasteiger charge is 2.24. The lowest BCUT2D eigenvalue weighted by molar-refractivity contribution is 0.0747. The summed E-state index contributed by atoms with van der Waals surface area (Å²) >= 11 is 6.46. The Morgan fingerprint density at radius 2 is 1.68 bits per heavy atom. The molecule has 3 rings (SSSR count). The van der Waals surface area contributed by atoms with Gasteiger partial charge in [-0.1, -0.05) is 17.7 Å². The molecule has 1 aliphatic heterocycles. The van der Waals surface area contributed by atoms with Crippen LogP contribution in [0.5, 0.6) is 5.75 Å². The van der Waals surface area contributed by atoms with Crippen molar-refractivity contribution >= 4 is 23.2 Å². The van der Waals surface area contributed by atoms with Crippen molar-refractivity contribution in [3.63, 3.8) is 0 Å². The summed E-state index contributed by atoms with van der Waals surface area (Å²) in [5.74, 6) is 0.819. The summed E-state index contributed by atoms with van der Waals surface area (Å²) < 4.78 is 5.14. The highest BCUT2D eigenvalue weighted by atomic mass is 35.5. The zero-order valence-corrected chi connectivity index (χ0v) is 15.6. The number of carbonyl (C=O) groups excluding carboxylic acids is 1. The van der Waals surface area contributed by atoms with E-state index in [1.807, 2.05) is 42.2 Å². The summed E-state index contributed by atoms with van der Waals surface area (Å²) in [6, 6.07) is 11.4. The van der Waals surface area contributed by atoms with Gasteiger partial charge in [-0.05, 0) is 55.3 Å². The molecule has 2 aromatic rings. The van der Waals surface area contributed by atoms with E-state index in [1.54, 1.807) is 7.11 Å². The Morgan fingerprint density at radius 3 is 2.24 bits per heavy atom. The first-order valence-corrected chi connectivity index (χ1v) is 8.82. The number of benzene rings is 2. The van der Waals surface area contributed by atoms with Crippen molar-refractivity contribution in [2.24, 2.45) is 0 Å². The molecule has 1 amide bonds. The number of hydrogen-bond acceptors (Lipinski definition) is 3. The Balaban J connectivity index is 1.68. The molecule has 132 valence electrons. The molecular weight excluding hydrogens is 336 g/mol. The van der Waals surface area contributed by atoms with E-state index in [2.05, 4.69) is 17.9 Å². The SMILES string of the molecule is COc1ccc(C(=O)N2CCN(c3c(C)cc(C)cc3Cl)CC2)cc1. The zero-order valence-electron chi connectivity index (χ0n) is 14.9. The summed E-state index contributed by atoms with van der Waals surface area (Å²) in [7, 11) is 1.62. The minimum Gasteiger partial charge on any atom is -0.497 e. The highest BCUT2D eigenvalue weighted by Crippen LogP contribution is 2.31. The van der Waals surface area contributed by atoms with E-state index in [-0.39, 0.29) is 5.91 Å². The number of nitrogens with zero attached hydrogens (tertiary/aromatic N) is 2. The zero-order chi connectivity index (χ0) is 18.0. The minimum absolute atomic E-state index is 0.0639. The molecule has 0 N–H and O–H groups in total. The van der Waals surface area contributed by atoms with Gasteiger partial charge >= 0.3 is 0 Å². The fourth-order valence-corrected chi connectivity index (χ4v) is 3.80. The Bertz CT molecular complexity index is 743. The fourth-order valence-electron chi connectivity index (χ4n) is 3.36. The quantitative estimate of drug-likeness (QED) is 0.833. The lowest BCUT2D eigenvalue weighted by Crippen LogP contribution is -2.49. The van der Waals surface area contributed by atoms with Crippen LogP contribution in [0.25, 0.3) is 0 Å². The van der Waals surface area contributed by atoms with Crippen molar-refractivity contribution < 1.29 is 9.53 Å². The number of halogens is 1. The van der Waals surface area contributed by atoms with Crippen molar-refractivity contribution in [2.75, 3.05) is 38.2 Å². The Kier molecular flexibility index (Phi) is 5.19. The van der Waals surface area contributed by atoms with Gasteiger partial charge in [0.1, 0.15) is 5.75 Å². The summed E-state index contributed by atoms with van der Waals surface area (Å²) in [5, 5.41) is 0.785. The van der Waals surface area contributed by atoms with Crippen LogP contribution < -0.4 is 9.64 Å². The maximum Gasteiger partial charge on any atom is 0.253 e. The van der Waals surface area contributed by atoms with E-state index in [4.69, 9.17) is 16.3 Å². The van der Waals surface area contributed by atoms with E-state index < -0.39 is 0 Å². The molecule has 1 heterocycles. The molecule has 0 aromatic heterocycles. The van der Waals surface area contributed by atoms with Crippen LogP contribution in [0.3, 0.4) is 0 Å². The van der Waals surface area contributed by atoms with Gasteiger partial charge in [-0.3, -0.25) is 4.79 Å². The largest absolute Gasteiger partial charge is 0.497 e. The predicted octanol–water partition coefficient (Wildman–Crippen LogP) is 3.93. The molecule has 0 atom stereocenters. The van der Waals surface area contributed by atoms with E-state index in [9.17, 15) is 4.79 Å². The first-order chi connectivity index (χ1) is 12.0. The third-order valence-corrected chi connectivity index (χ3v) is 4.91. The van der Waals surface area contributed by atoms with Crippen molar-refractivity contribution in [1.29, 1.82) is 0 Å². The number of amides is 1. The van der Waals surface area contributed by atoms with Crippen LogP contribution in [0, 0.1) is 13.8 Å². The Hall–Kier alpha value is -2.20. The molecule has 1 aliphatic rings. The average molecular weight is 359 g/mol. The molecule has 0 aliphatic carbocycles. The molecule has 1 saturated heterocycles. The molecule has 0 spiro atoms. The summed E-state index contributed by atoms with van der Waals surface area (Å²) in [4.78, 5) is 16.8. The number of anilines is 1. The van der Waals surface area contributed by atoms with E-state index in [0.717, 1.165) is 29.5 Å². The number of aryl methyl sites for hydroxylation is 2. The number of methoxy groups -OCH3 is 1. The molecule has 1 fully saturated rings. The van der Waals surface area contributed by atoms with Crippen LogP contribution >= 0.6 is 11.6 Å². The second-order valence-corrected chi connectivity index (χ2v) is 6.83. The second-order valence-electron chi connectivity index (χ2n) is 6.42. The normalized spacial score (nSPS) is 14.6. The van der Waals surface area contributed by atoms with Crippen LogP contribution in [-0.4, -0.2) is 44.1 Å². The van der Waals surface area contributed by atoms with Crippen LogP contribution in [0.15, 0.2) is 36.4 Å². The van der Waals surface area contributed by atoms with Gasteiger partial charge in [0.15, 0.2) is 0 Å². The second kappa shape index (κ2) is 7.36. The molecule has 0 radical (unpaired) electrons. The first kappa shape index (κ1) is 17.6. The Labute approximate surface area is 154 Å². The maximum atomic E-state index is 12.7. The van der Waals surface area contributed by atoms with Crippen LogP contribution in [0.1, 0.15) is 21.5 Å². The van der Waals surface area contributed by atoms with E-state index in [0.29, 0.717) is 18.7 Å². The van der Waals surface area contributed by atoms with Crippen molar-refractivity contribution in [3.8, 4) is 5.75 Å². The third kappa shape index (κ3) is 3.74. The molecule has 0 bridgehead atoms. The van der Waals surface area contributed by atoms with Crippen LogP contribution in [0.4, 0.5) is 5.69 Å². The number of rotatable bonds is 3. The van der Waals surface area contributed by atoms with Crippen molar-refractivity contribution in [2.45, 2.75) is 13.8 Å². The minimum atomic E-state index is 0.0639. The van der Waals surface area contributed by atoms with Gasteiger partial charge in [0.05, 0.1) is 17.8 Å². The number of carbonyl (C=O) groups is 1. The van der Waals surface area contributed by atoms with E-state index in [1.165, 1.54) is 11.1 Å². The molecule has 25 heavy (non-hydrogen) atoms. The highest BCUT2D eigenvalue weighted by molar-refractivity contribution is 6.33. The molecular formula is C20H23ClN2O2. The van der Waals surface area contributed by atoms with Gasteiger partial charge in [0.25, 0.3) is 5.91 Å². The fraction of sp³-hybridized carbons (Fsp3) is 0.350. The summed E-state index contributed by atoms with van der Waals surface area (Å²) in [5.41, 5.74) is 4.13. The standard InChI is InChI=1S/C20H23ClN2O2/c1-14-12-15(2)19(18(21)13-14)22-8-10-23(11-9-22)20(24)16-4-6-17(25-3)7-5-16/h4-7,12-13H,8-11H2,1-3H3. The monoisotopic (exact) mass is 358 g/mol. The van der Waals surface area contributed by atoms with Crippen LogP contribution in [0.2, 0.25) is 5.02 Å². The third-order valence-electron chi connectivity index (χ3n) is 4.62. The molecule has 4 nitrogen and oxygen atoms in total. The average Bonchev–Trinajstić information content (AvgIpc) is 2.61. The van der Waals surface area contributed by atoms with Gasteiger partial charge in [-0.2, -0.15) is 0 Å². The van der Waals surface area contributed by atoms with Gasteiger partial charge < -0.3 is 14.5 Å². The lowest BCUT2D eigenvalue weighted by atomic mass is 10.1. The van der Waals surface area contributed by atoms with E-state index >= 15 is 0 Å². The summed E-state index contributed by atoms with van der Waals surface area (Å²) in [6.07, 6.45) is 0. The van der Waals surface area contributed by atoms with Gasteiger partial charge in [0.2, 0.25) is 0 Å². The van der Waals surface area contributed by atoms with Crippen LogP contribution in [-0.2, 0) is 0 Å². The lowest BCUT2D eigenvalue weighted by Gasteiger charge is -2.37. The maximum absolute atomic E-state index is 12.7. The molecule has 5 heteroatoms. The molecule has 0 unspecified atom stereocenters. The van der Waals surface area contributed by atoms with Gasteiger partial charge in [-0.25, -0.2) is 0 Å². The number of piperazine rings is 1. The topological polar surface area (TPSA) is 32.8 Å². The number of hydrogen-bond donors (Lipinski definition) is 0. The van der Waals surface area contributed by atoms with Gasteiger partial charge in [-0.15, -0.1) is 0 Å². The Morgan fingerprint density at radius 1 is 1.04 bits per heavy atom. The van der Waals surface area contributed by atoms with Gasteiger partial charge in [0, 0.05) is 31.7 Å². The molecule has 0 saturated carbocycles. The smallest absolute Gasteiger partial charge is 0.253 e.